The van der Waals surface area contributed by atoms with Crippen LogP contribution in [0, 0.1) is 5.92 Å². The molecular formula is C22H20ClN3OS. The number of nitrogens with zero attached hydrogens (tertiary/aromatic N) is 3. The van der Waals surface area contributed by atoms with Gasteiger partial charge < -0.3 is 9.32 Å². The van der Waals surface area contributed by atoms with E-state index in [4.69, 9.17) is 21.0 Å². The predicted octanol–water partition coefficient (Wildman–Crippen LogP) is 6.40. The molecule has 0 spiro atoms. The van der Waals surface area contributed by atoms with Gasteiger partial charge in [0.05, 0.1) is 28.9 Å². The van der Waals surface area contributed by atoms with Crippen LogP contribution in [0.4, 0.5) is 11.5 Å². The Kier molecular flexibility index (Phi) is 4.57. The monoisotopic (exact) mass is 409 g/mol. The van der Waals surface area contributed by atoms with Crippen LogP contribution in [0.1, 0.15) is 29.5 Å². The molecule has 4 nitrogen and oxygen atoms in total. The number of anilines is 2. The van der Waals surface area contributed by atoms with Crippen molar-refractivity contribution < 1.29 is 4.42 Å². The van der Waals surface area contributed by atoms with Crippen LogP contribution in [0.2, 0.25) is 5.02 Å². The van der Waals surface area contributed by atoms with Gasteiger partial charge in [-0.3, -0.25) is 0 Å². The fraction of sp³-hybridized carbons (Fsp3) is 0.273. The van der Waals surface area contributed by atoms with Crippen LogP contribution in [0.3, 0.4) is 0 Å². The van der Waals surface area contributed by atoms with E-state index in [9.17, 15) is 0 Å². The smallest absolute Gasteiger partial charge is 0.145 e. The maximum Gasteiger partial charge on any atom is 0.145 e. The van der Waals surface area contributed by atoms with Crippen molar-refractivity contribution in [3.63, 3.8) is 0 Å². The molecule has 1 aliphatic carbocycles. The molecule has 6 heteroatoms. The topological polar surface area (TPSA) is 42.2 Å². The highest BCUT2D eigenvalue weighted by Crippen LogP contribution is 2.43. The normalized spacial score (nSPS) is 16.3. The van der Waals surface area contributed by atoms with Gasteiger partial charge in [-0.2, -0.15) is 0 Å². The van der Waals surface area contributed by atoms with Gasteiger partial charge in [0, 0.05) is 4.88 Å². The van der Waals surface area contributed by atoms with Crippen molar-refractivity contribution >= 4 is 44.7 Å². The van der Waals surface area contributed by atoms with Crippen LogP contribution >= 0.6 is 22.9 Å². The molecule has 3 heterocycles. The Bertz CT molecular complexity index is 1120. The van der Waals surface area contributed by atoms with E-state index in [2.05, 4.69) is 16.8 Å². The van der Waals surface area contributed by atoms with Crippen molar-refractivity contribution in [3.8, 4) is 0 Å². The number of para-hydroxylation sites is 1. The maximum absolute atomic E-state index is 6.59. The molecule has 4 aromatic rings. The van der Waals surface area contributed by atoms with Crippen molar-refractivity contribution in [3.05, 3.63) is 70.2 Å². The van der Waals surface area contributed by atoms with E-state index in [1.807, 2.05) is 36.4 Å². The van der Waals surface area contributed by atoms with Crippen LogP contribution in [-0.4, -0.2) is 9.97 Å². The number of benzene rings is 1. The first kappa shape index (κ1) is 17.7. The SMILES string of the molecule is CC1CCc2sc3ncnc(N(Cc4ccco4)c4ccccc4Cl)c3c2C1. The number of furan rings is 1. The van der Waals surface area contributed by atoms with Crippen LogP contribution in [0.15, 0.2) is 53.4 Å². The molecule has 1 aliphatic rings. The lowest BCUT2D eigenvalue weighted by molar-refractivity contribution is 0.507. The molecule has 28 heavy (non-hydrogen) atoms. The fourth-order valence-electron chi connectivity index (χ4n) is 3.97. The minimum atomic E-state index is 0.559. The number of thiophene rings is 1. The second kappa shape index (κ2) is 7.22. The standard InChI is InChI=1S/C22H20ClN3OS/c1-14-8-9-19-16(11-14)20-21(24-13-25-22(20)28-19)26(12-15-5-4-10-27-15)18-7-3-2-6-17(18)23/h2-7,10,13-14H,8-9,11-12H2,1H3. The Balaban J connectivity index is 1.72. The van der Waals surface area contributed by atoms with Gasteiger partial charge in [-0.05, 0) is 55.0 Å². The number of rotatable bonds is 4. The van der Waals surface area contributed by atoms with Crippen LogP contribution in [0.25, 0.3) is 10.2 Å². The third kappa shape index (κ3) is 3.09. The summed E-state index contributed by atoms with van der Waals surface area (Å²) < 4.78 is 5.64. The first-order valence-electron chi connectivity index (χ1n) is 9.50. The molecule has 1 aromatic carbocycles. The summed E-state index contributed by atoms with van der Waals surface area (Å²) in [6.07, 6.45) is 6.80. The molecule has 0 aliphatic heterocycles. The number of hydrogen-bond donors (Lipinski definition) is 0. The summed E-state index contributed by atoms with van der Waals surface area (Å²) in [7, 11) is 0. The van der Waals surface area contributed by atoms with Gasteiger partial charge in [-0.1, -0.05) is 30.7 Å². The summed E-state index contributed by atoms with van der Waals surface area (Å²) in [6, 6.07) is 11.8. The second-order valence-electron chi connectivity index (χ2n) is 7.35. The van der Waals surface area contributed by atoms with E-state index in [1.165, 1.54) is 22.2 Å². The Hall–Kier alpha value is -2.37. The zero-order valence-electron chi connectivity index (χ0n) is 15.6. The van der Waals surface area contributed by atoms with Crippen LogP contribution < -0.4 is 4.90 Å². The quantitative estimate of drug-likeness (QED) is 0.391. The molecule has 0 N–H and O–H groups in total. The summed E-state index contributed by atoms with van der Waals surface area (Å²) in [5.74, 6) is 2.45. The van der Waals surface area contributed by atoms with Crippen molar-refractivity contribution in [2.75, 3.05) is 4.90 Å². The van der Waals surface area contributed by atoms with Crippen molar-refractivity contribution in [1.82, 2.24) is 9.97 Å². The van der Waals surface area contributed by atoms with E-state index in [1.54, 1.807) is 23.9 Å². The summed E-state index contributed by atoms with van der Waals surface area (Å²) in [5.41, 5.74) is 2.33. The van der Waals surface area contributed by atoms with Gasteiger partial charge in [-0.15, -0.1) is 11.3 Å². The molecule has 0 saturated carbocycles. The summed E-state index contributed by atoms with van der Waals surface area (Å²) in [5, 5.41) is 1.86. The first-order chi connectivity index (χ1) is 13.7. The second-order valence-corrected chi connectivity index (χ2v) is 8.84. The van der Waals surface area contributed by atoms with Crippen LogP contribution in [-0.2, 0) is 19.4 Å². The molecule has 0 saturated heterocycles. The molecule has 1 atom stereocenters. The number of aromatic nitrogens is 2. The molecule has 0 amide bonds. The fourth-order valence-corrected chi connectivity index (χ4v) is 5.39. The molecule has 0 radical (unpaired) electrons. The maximum atomic E-state index is 6.59. The molecule has 0 bridgehead atoms. The lowest BCUT2D eigenvalue weighted by Crippen LogP contribution is -2.19. The summed E-state index contributed by atoms with van der Waals surface area (Å²) in [4.78, 5) is 14.0. The van der Waals surface area contributed by atoms with Gasteiger partial charge in [0.2, 0.25) is 0 Å². The van der Waals surface area contributed by atoms with E-state index >= 15 is 0 Å². The molecule has 1 unspecified atom stereocenters. The van der Waals surface area contributed by atoms with Gasteiger partial charge in [0.25, 0.3) is 0 Å². The van der Waals surface area contributed by atoms with Gasteiger partial charge >= 0.3 is 0 Å². The first-order valence-corrected chi connectivity index (χ1v) is 10.7. The summed E-state index contributed by atoms with van der Waals surface area (Å²) in [6.45, 7) is 2.88. The predicted molar refractivity (Wildman–Crippen MR) is 115 cm³/mol. The van der Waals surface area contributed by atoms with Gasteiger partial charge in [0.1, 0.15) is 22.7 Å². The lowest BCUT2D eigenvalue weighted by atomic mass is 9.88. The molecule has 142 valence electrons. The van der Waals surface area contributed by atoms with Crippen molar-refractivity contribution in [2.24, 2.45) is 5.92 Å². The van der Waals surface area contributed by atoms with E-state index in [-0.39, 0.29) is 0 Å². The molecule has 5 rings (SSSR count). The number of hydrogen-bond acceptors (Lipinski definition) is 5. The average molecular weight is 410 g/mol. The highest BCUT2D eigenvalue weighted by atomic mass is 35.5. The highest BCUT2D eigenvalue weighted by Gasteiger charge is 2.26. The Morgan fingerprint density at radius 3 is 2.93 bits per heavy atom. The minimum absolute atomic E-state index is 0.559. The lowest BCUT2D eigenvalue weighted by Gasteiger charge is -2.26. The minimum Gasteiger partial charge on any atom is -0.467 e. The van der Waals surface area contributed by atoms with Gasteiger partial charge in [0.15, 0.2) is 0 Å². The Labute approximate surface area is 172 Å². The largest absolute Gasteiger partial charge is 0.467 e. The van der Waals surface area contributed by atoms with Crippen molar-refractivity contribution in [1.29, 1.82) is 0 Å². The zero-order chi connectivity index (χ0) is 19.1. The Morgan fingerprint density at radius 1 is 1.21 bits per heavy atom. The van der Waals surface area contributed by atoms with Gasteiger partial charge in [-0.25, -0.2) is 9.97 Å². The Morgan fingerprint density at radius 2 is 2.11 bits per heavy atom. The van der Waals surface area contributed by atoms with E-state index < -0.39 is 0 Å². The third-order valence-corrected chi connectivity index (χ3v) is 6.88. The average Bonchev–Trinajstić information content (AvgIpc) is 3.34. The molecule has 0 fully saturated rings. The van der Waals surface area contributed by atoms with E-state index in [0.29, 0.717) is 17.5 Å². The summed E-state index contributed by atoms with van der Waals surface area (Å²) >= 11 is 8.39. The van der Waals surface area contributed by atoms with E-state index in [0.717, 1.165) is 34.9 Å². The van der Waals surface area contributed by atoms with Crippen molar-refractivity contribution in [2.45, 2.75) is 32.7 Å². The number of aryl methyl sites for hydroxylation is 1. The molecule has 3 aromatic heterocycles. The number of halogens is 1. The highest BCUT2D eigenvalue weighted by molar-refractivity contribution is 7.19. The molecular weight excluding hydrogens is 390 g/mol. The number of fused-ring (bicyclic) bond motifs is 3. The third-order valence-electron chi connectivity index (χ3n) is 5.36. The van der Waals surface area contributed by atoms with Crippen LogP contribution in [0.5, 0.6) is 0 Å². The zero-order valence-corrected chi connectivity index (χ0v) is 17.1.